The van der Waals surface area contributed by atoms with Crippen LogP contribution in [0.5, 0.6) is 0 Å². The predicted octanol–water partition coefficient (Wildman–Crippen LogP) is 5.58. The van der Waals surface area contributed by atoms with E-state index in [-0.39, 0.29) is 12.0 Å². The largest absolute Gasteiger partial charge is 0.361 e. The summed E-state index contributed by atoms with van der Waals surface area (Å²) in [6.07, 6.45) is 4.06. The van der Waals surface area contributed by atoms with Gasteiger partial charge >= 0.3 is 0 Å². The molecular formula is C25H24N4. The second kappa shape index (κ2) is 7.28. The zero-order chi connectivity index (χ0) is 19.8. The molecule has 2 aromatic heterocycles. The van der Waals surface area contributed by atoms with E-state index in [0.29, 0.717) is 0 Å². The van der Waals surface area contributed by atoms with Crippen molar-refractivity contribution in [2.75, 3.05) is 5.32 Å². The summed E-state index contributed by atoms with van der Waals surface area (Å²) >= 11 is 0. The summed E-state index contributed by atoms with van der Waals surface area (Å²) < 4.78 is 0. The van der Waals surface area contributed by atoms with Crippen LogP contribution in [-0.4, -0.2) is 15.2 Å². The van der Waals surface area contributed by atoms with Crippen LogP contribution < -0.4 is 5.32 Å². The molecule has 2 heterocycles. The van der Waals surface area contributed by atoms with Crippen molar-refractivity contribution in [1.82, 2.24) is 15.2 Å². The molecule has 144 valence electrons. The van der Waals surface area contributed by atoms with E-state index in [9.17, 15) is 0 Å². The van der Waals surface area contributed by atoms with Crippen LogP contribution in [0.15, 0.2) is 66.9 Å². The Balaban J connectivity index is 1.54. The van der Waals surface area contributed by atoms with E-state index in [1.165, 1.54) is 16.7 Å². The van der Waals surface area contributed by atoms with E-state index in [4.69, 9.17) is 0 Å². The van der Waals surface area contributed by atoms with Gasteiger partial charge in [-0.25, -0.2) is 0 Å². The molecule has 2 atom stereocenters. The van der Waals surface area contributed by atoms with Gasteiger partial charge in [-0.05, 0) is 48.6 Å². The normalized spacial score (nSPS) is 16.6. The molecule has 4 nitrogen and oxygen atoms in total. The summed E-state index contributed by atoms with van der Waals surface area (Å²) in [6.45, 7) is 4.21. The molecule has 1 aliphatic rings. The molecule has 0 amide bonds. The lowest BCUT2D eigenvalue weighted by Gasteiger charge is -2.19. The number of pyridine rings is 1. The summed E-state index contributed by atoms with van der Waals surface area (Å²) in [6, 6.07) is 21.6. The van der Waals surface area contributed by atoms with Crippen molar-refractivity contribution >= 4 is 16.6 Å². The molecule has 0 spiro atoms. The summed E-state index contributed by atoms with van der Waals surface area (Å²) in [4.78, 5) is 4.32. The van der Waals surface area contributed by atoms with Crippen molar-refractivity contribution in [3.8, 4) is 0 Å². The van der Waals surface area contributed by atoms with Crippen LogP contribution in [0.1, 0.15) is 53.4 Å². The van der Waals surface area contributed by atoms with Crippen molar-refractivity contribution in [1.29, 1.82) is 0 Å². The lowest BCUT2D eigenvalue weighted by atomic mass is 9.94. The molecule has 4 heteroatoms. The van der Waals surface area contributed by atoms with E-state index in [0.717, 1.165) is 40.8 Å². The van der Waals surface area contributed by atoms with Gasteiger partial charge in [0.25, 0.3) is 0 Å². The van der Waals surface area contributed by atoms with E-state index in [2.05, 4.69) is 88.1 Å². The number of benzene rings is 2. The topological polar surface area (TPSA) is 50.7 Å². The predicted molar refractivity (Wildman–Crippen MR) is 117 cm³/mol. The van der Waals surface area contributed by atoms with E-state index < -0.39 is 0 Å². The molecule has 4 aromatic rings. The fourth-order valence-electron chi connectivity index (χ4n) is 4.42. The minimum atomic E-state index is 0.148. The van der Waals surface area contributed by atoms with Gasteiger partial charge in [0.2, 0.25) is 0 Å². The van der Waals surface area contributed by atoms with Gasteiger partial charge in [-0.1, -0.05) is 55.5 Å². The second-order valence-electron chi connectivity index (χ2n) is 7.87. The highest BCUT2D eigenvalue weighted by Crippen LogP contribution is 2.36. The molecule has 0 aliphatic heterocycles. The van der Waals surface area contributed by atoms with Crippen LogP contribution in [-0.2, 0) is 6.42 Å². The first-order valence-corrected chi connectivity index (χ1v) is 10.2. The number of fused-ring (bicyclic) bond motifs is 2. The molecule has 29 heavy (non-hydrogen) atoms. The lowest BCUT2D eigenvalue weighted by Crippen LogP contribution is -2.11. The lowest BCUT2D eigenvalue weighted by molar-refractivity contribution is 0.750. The monoisotopic (exact) mass is 380 g/mol. The molecular weight excluding hydrogens is 356 g/mol. The van der Waals surface area contributed by atoms with Crippen molar-refractivity contribution in [2.45, 2.75) is 38.6 Å². The smallest absolute Gasteiger partial charge is 0.157 e. The second-order valence-corrected chi connectivity index (χ2v) is 7.87. The Bertz CT molecular complexity index is 1180. The Morgan fingerprint density at radius 1 is 0.966 bits per heavy atom. The summed E-state index contributed by atoms with van der Waals surface area (Å²) in [5.41, 5.74) is 6.04. The van der Waals surface area contributed by atoms with E-state index in [1.807, 2.05) is 13.1 Å². The fourth-order valence-corrected chi connectivity index (χ4v) is 4.42. The molecule has 5 rings (SSSR count). The van der Waals surface area contributed by atoms with Gasteiger partial charge in [-0.3, -0.25) is 4.98 Å². The number of hydrogen-bond donors (Lipinski definition) is 1. The third kappa shape index (κ3) is 3.25. The molecule has 1 aliphatic carbocycles. The van der Waals surface area contributed by atoms with Crippen LogP contribution in [0.3, 0.4) is 0 Å². The van der Waals surface area contributed by atoms with Crippen molar-refractivity contribution < 1.29 is 0 Å². The molecule has 0 radical (unpaired) electrons. The maximum Gasteiger partial charge on any atom is 0.157 e. The van der Waals surface area contributed by atoms with Gasteiger partial charge in [-0.2, -0.15) is 5.10 Å². The number of aryl methyl sites for hydroxylation is 2. The number of hydrogen-bond acceptors (Lipinski definition) is 4. The summed E-state index contributed by atoms with van der Waals surface area (Å²) in [5.74, 6) is 1.01. The van der Waals surface area contributed by atoms with Gasteiger partial charge in [-0.15, -0.1) is 5.10 Å². The van der Waals surface area contributed by atoms with Gasteiger partial charge in [0.15, 0.2) is 5.82 Å². The summed E-state index contributed by atoms with van der Waals surface area (Å²) in [7, 11) is 0. The van der Waals surface area contributed by atoms with Gasteiger partial charge in [0, 0.05) is 28.6 Å². The summed E-state index contributed by atoms with van der Waals surface area (Å²) in [5, 5.41) is 15.3. The Morgan fingerprint density at radius 3 is 2.62 bits per heavy atom. The molecule has 2 unspecified atom stereocenters. The highest BCUT2D eigenvalue weighted by Gasteiger charge is 2.24. The first-order valence-electron chi connectivity index (χ1n) is 10.2. The first-order chi connectivity index (χ1) is 14.2. The van der Waals surface area contributed by atoms with Crippen molar-refractivity contribution in [3.63, 3.8) is 0 Å². The van der Waals surface area contributed by atoms with E-state index >= 15 is 0 Å². The van der Waals surface area contributed by atoms with Crippen molar-refractivity contribution in [2.24, 2.45) is 0 Å². The average molecular weight is 380 g/mol. The molecule has 2 aromatic carbocycles. The number of aromatic nitrogens is 3. The van der Waals surface area contributed by atoms with Crippen LogP contribution >= 0.6 is 0 Å². The highest BCUT2D eigenvalue weighted by molar-refractivity contribution is 5.93. The third-order valence-corrected chi connectivity index (χ3v) is 5.99. The zero-order valence-corrected chi connectivity index (χ0v) is 16.8. The molecule has 0 fully saturated rings. The Morgan fingerprint density at radius 2 is 1.76 bits per heavy atom. The minimum Gasteiger partial charge on any atom is -0.361 e. The molecule has 1 N–H and O–H groups in total. The van der Waals surface area contributed by atoms with Crippen LogP contribution in [0, 0.1) is 6.92 Å². The highest BCUT2D eigenvalue weighted by atomic mass is 15.2. The molecule has 0 saturated heterocycles. The van der Waals surface area contributed by atoms with Gasteiger partial charge in [0.1, 0.15) is 0 Å². The number of nitrogens with zero attached hydrogens (tertiary/aromatic N) is 3. The van der Waals surface area contributed by atoms with Gasteiger partial charge in [0.05, 0.1) is 11.7 Å². The Kier molecular flexibility index (Phi) is 4.47. The van der Waals surface area contributed by atoms with Crippen LogP contribution in [0.4, 0.5) is 5.82 Å². The zero-order valence-electron chi connectivity index (χ0n) is 16.8. The quantitative estimate of drug-likeness (QED) is 0.502. The first kappa shape index (κ1) is 17.8. The average Bonchev–Trinajstić information content (AvgIpc) is 3.16. The number of anilines is 1. The maximum absolute atomic E-state index is 4.68. The molecule has 0 bridgehead atoms. The van der Waals surface area contributed by atoms with E-state index in [1.54, 1.807) is 0 Å². The SMILES string of the molecule is Cc1cc(C(C)c2nnc(NC3CCc4ccccc43)c3ccccc23)ccn1. The van der Waals surface area contributed by atoms with Crippen LogP contribution in [0.2, 0.25) is 0 Å². The third-order valence-electron chi connectivity index (χ3n) is 5.99. The van der Waals surface area contributed by atoms with Crippen molar-refractivity contribution in [3.05, 3.63) is 94.9 Å². The fraction of sp³-hybridized carbons (Fsp3) is 0.240. The number of nitrogens with one attached hydrogen (secondary N) is 1. The minimum absolute atomic E-state index is 0.148. The molecule has 0 saturated carbocycles. The van der Waals surface area contributed by atoms with Gasteiger partial charge < -0.3 is 5.32 Å². The maximum atomic E-state index is 4.68. The Hall–Kier alpha value is -3.27. The Labute approximate surface area is 171 Å². The van der Waals surface area contributed by atoms with Crippen LogP contribution in [0.25, 0.3) is 10.8 Å². The number of rotatable bonds is 4. The standard InChI is InChI=1S/C25H24N4/c1-16-15-19(13-14-26-16)17(2)24-21-9-5-6-10-22(21)25(29-28-24)27-23-12-11-18-7-3-4-8-20(18)23/h3-10,13-15,17,23H,11-12H2,1-2H3,(H,27,29).